The van der Waals surface area contributed by atoms with Crippen LogP contribution in [-0.2, 0) is 16.0 Å². The van der Waals surface area contributed by atoms with Gasteiger partial charge in [-0.15, -0.1) is 0 Å². The summed E-state index contributed by atoms with van der Waals surface area (Å²) in [4.78, 5) is 25.0. The summed E-state index contributed by atoms with van der Waals surface area (Å²) in [7, 11) is 0. The third kappa shape index (κ3) is 4.14. The van der Waals surface area contributed by atoms with E-state index in [0.717, 1.165) is 12.0 Å². The van der Waals surface area contributed by atoms with Crippen molar-refractivity contribution in [3.8, 4) is 0 Å². The van der Waals surface area contributed by atoms with Gasteiger partial charge in [0.1, 0.15) is 5.41 Å². The van der Waals surface area contributed by atoms with Crippen molar-refractivity contribution in [3.63, 3.8) is 0 Å². The van der Waals surface area contributed by atoms with Crippen LogP contribution in [0.25, 0.3) is 0 Å². The Kier molecular flexibility index (Phi) is 5.30. The Labute approximate surface area is 156 Å². The van der Waals surface area contributed by atoms with Crippen molar-refractivity contribution in [1.29, 1.82) is 0 Å². The molecule has 2 aromatic carbocycles. The zero-order valence-electron chi connectivity index (χ0n) is 13.5. The Morgan fingerprint density at radius 3 is 2.40 bits per heavy atom. The van der Waals surface area contributed by atoms with Gasteiger partial charge < -0.3 is 10.6 Å². The molecule has 0 radical (unpaired) electrons. The van der Waals surface area contributed by atoms with Gasteiger partial charge in [-0.3, -0.25) is 9.59 Å². The highest BCUT2D eigenvalue weighted by molar-refractivity contribution is 6.36. The van der Waals surface area contributed by atoms with E-state index in [1.165, 1.54) is 0 Å². The van der Waals surface area contributed by atoms with Gasteiger partial charge in [-0.2, -0.15) is 0 Å². The van der Waals surface area contributed by atoms with Crippen LogP contribution in [-0.4, -0.2) is 18.4 Å². The van der Waals surface area contributed by atoms with Crippen molar-refractivity contribution >= 4 is 40.7 Å². The van der Waals surface area contributed by atoms with Gasteiger partial charge in [-0.1, -0.05) is 53.5 Å². The lowest BCUT2D eigenvalue weighted by molar-refractivity contribution is -0.134. The van der Waals surface area contributed by atoms with Gasteiger partial charge in [0.2, 0.25) is 11.8 Å². The van der Waals surface area contributed by atoms with Gasteiger partial charge in [-0.05, 0) is 43.0 Å². The molecule has 1 fully saturated rings. The summed E-state index contributed by atoms with van der Waals surface area (Å²) in [5.74, 6) is -0.576. The molecule has 0 heterocycles. The quantitative estimate of drug-likeness (QED) is 0.746. The zero-order valence-corrected chi connectivity index (χ0v) is 15.0. The maximum absolute atomic E-state index is 12.6. The fourth-order valence-corrected chi connectivity index (χ4v) is 2.99. The van der Waals surface area contributed by atoms with Gasteiger partial charge in [0.05, 0.1) is 10.7 Å². The zero-order chi connectivity index (χ0) is 17.9. The van der Waals surface area contributed by atoms with Crippen LogP contribution in [0.2, 0.25) is 10.0 Å². The standard InChI is InChI=1S/C19H18Cl2N2O2/c20-14-6-7-15(21)16(12-14)23-18(25)19(9-10-19)17(24)22-11-8-13-4-2-1-3-5-13/h1-7,12H,8-11H2,(H,22,24)(H,23,25). The number of benzene rings is 2. The molecule has 1 aliphatic rings. The fraction of sp³-hybridized carbons (Fsp3) is 0.263. The van der Waals surface area contributed by atoms with Crippen LogP contribution in [0.3, 0.4) is 0 Å². The van der Waals surface area contributed by atoms with Crippen LogP contribution in [0, 0.1) is 5.41 Å². The average Bonchev–Trinajstić information content (AvgIpc) is 3.41. The minimum absolute atomic E-state index is 0.237. The number of nitrogens with one attached hydrogen (secondary N) is 2. The summed E-state index contributed by atoms with van der Waals surface area (Å²) >= 11 is 12.0. The van der Waals surface area contributed by atoms with E-state index in [0.29, 0.717) is 35.1 Å². The lowest BCUT2D eigenvalue weighted by Crippen LogP contribution is -2.40. The van der Waals surface area contributed by atoms with Crippen LogP contribution >= 0.6 is 23.2 Å². The van der Waals surface area contributed by atoms with E-state index in [9.17, 15) is 9.59 Å². The number of hydrogen-bond acceptors (Lipinski definition) is 2. The average molecular weight is 377 g/mol. The van der Waals surface area contributed by atoms with Gasteiger partial charge in [-0.25, -0.2) is 0 Å². The molecule has 0 spiro atoms. The highest BCUT2D eigenvalue weighted by Gasteiger charge is 2.56. The lowest BCUT2D eigenvalue weighted by Gasteiger charge is -2.16. The first-order valence-corrected chi connectivity index (χ1v) is 8.86. The molecule has 1 saturated carbocycles. The molecule has 0 saturated heterocycles. The molecule has 2 aromatic rings. The summed E-state index contributed by atoms with van der Waals surface area (Å²) < 4.78 is 0. The van der Waals surface area contributed by atoms with E-state index in [-0.39, 0.29) is 11.8 Å². The predicted molar refractivity (Wildman–Crippen MR) is 99.9 cm³/mol. The Morgan fingerprint density at radius 2 is 1.72 bits per heavy atom. The van der Waals surface area contributed by atoms with E-state index in [1.54, 1.807) is 18.2 Å². The maximum Gasteiger partial charge on any atom is 0.240 e. The summed E-state index contributed by atoms with van der Waals surface area (Å²) in [6.07, 6.45) is 1.80. The highest BCUT2D eigenvalue weighted by Crippen LogP contribution is 2.47. The molecule has 2 amide bonds. The van der Waals surface area contributed by atoms with Crippen molar-refractivity contribution < 1.29 is 9.59 Å². The lowest BCUT2D eigenvalue weighted by atomic mass is 10.0. The topological polar surface area (TPSA) is 58.2 Å². The van der Waals surface area contributed by atoms with E-state index < -0.39 is 5.41 Å². The summed E-state index contributed by atoms with van der Waals surface area (Å²) in [5, 5.41) is 6.45. The van der Waals surface area contributed by atoms with Crippen LogP contribution in [0.15, 0.2) is 48.5 Å². The second kappa shape index (κ2) is 7.46. The molecule has 0 unspecified atom stereocenters. The minimum Gasteiger partial charge on any atom is -0.355 e. The van der Waals surface area contributed by atoms with Crippen molar-refractivity contribution in [2.45, 2.75) is 19.3 Å². The van der Waals surface area contributed by atoms with Crippen LogP contribution in [0.4, 0.5) is 5.69 Å². The number of amides is 2. The van der Waals surface area contributed by atoms with Crippen molar-refractivity contribution in [2.24, 2.45) is 5.41 Å². The Morgan fingerprint density at radius 1 is 1.00 bits per heavy atom. The molecule has 6 heteroatoms. The Bertz CT molecular complexity index is 789. The first-order chi connectivity index (χ1) is 12.0. The number of halogens is 2. The molecular formula is C19H18Cl2N2O2. The summed E-state index contributed by atoms with van der Waals surface area (Å²) in [6, 6.07) is 14.7. The summed E-state index contributed by atoms with van der Waals surface area (Å²) in [5.41, 5.74) is 0.563. The molecular weight excluding hydrogens is 359 g/mol. The van der Waals surface area contributed by atoms with E-state index in [1.807, 2.05) is 30.3 Å². The molecule has 1 aliphatic carbocycles. The third-order valence-corrected chi connectivity index (χ3v) is 4.90. The normalized spacial score (nSPS) is 14.6. The van der Waals surface area contributed by atoms with Crippen LogP contribution < -0.4 is 10.6 Å². The van der Waals surface area contributed by atoms with E-state index in [2.05, 4.69) is 10.6 Å². The van der Waals surface area contributed by atoms with Gasteiger partial charge in [0.25, 0.3) is 0 Å². The molecule has 0 atom stereocenters. The van der Waals surface area contributed by atoms with E-state index in [4.69, 9.17) is 23.2 Å². The largest absolute Gasteiger partial charge is 0.355 e. The number of anilines is 1. The molecule has 0 aliphatic heterocycles. The molecule has 4 nitrogen and oxygen atoms in total. The molecule has 130 valence electrons. The molecule has 0 aromatic heterocycles. The second-order valence-electron chi connectivity index (χ2n) is 6.15. The molecule has 3 rings (SSSR count). The van der Waals surface area contributed by atoms with Gasteiger partial charge in [0.15, 0.2) is 0 Å². The first-order valence-electron chi connectivity index (χ1n) is 8.10. The summed E-state index contributed by atoms with van der Waals surface area (Å²) in [6.45, 7) is 0.496. The number of rotatable bonds is 6. The van der Waals surface area contributed by atoms with Crippen LogP contribution in [0.1, 0.15) is 18.4 Å². The van der Waals surface area contributed by atoms with Crippen molar-refractivity contribution in [3.05, 3.63) is 64.1 Å². The Balaban J connectivity index is 1.58. The van der Waals surface area contributed by atoms with Crippen molar-refractivity contribution in [2.75, 3.05) is 11.9 Å². The van der Waals surface area contributed by atoms with E-state index >= 15 is 0 Å². The minimum atomic E-state index is -0.998. The Hall–Kier alpha value is -2.04. The van der Waals surface area contributed by atoms with Crippen LogP contribution in [0.5, 0.6) is 0 Å². The third-order valence-electron chi connectivity index (χ3n) is 4.34. The first kappa shape index (κ1) is 17.8. The number of carbonyl (C=O) groups excluding carboxylic acids is 2. The van der Waals surface area contributed by atoms with Gasteiger partial charge in [0, 0.05) is 11.6 Å². The number of hydrogen-bond donors (Lipinski definition) is 2. The second-order valence-corrected chi connectivity index (χ2v) is 7.00. The van der Waals surface area contributed by atoms with Crippen molar-refractivity contribution in [1.82, 2.24) is 5.32 Å². The SMILES string of the molecule is O=C(NCCc1ccccc1)C1(C(=O)Nc2cc(Cl)ccc2Cl)CC1. The van der Waals surface area contributed by atoms with Gasteiger partial charge >= 0.3 is 0 Å². The molecule has 25 heavy (non-hydrogen) atoms. The predicted octanol–water partition coefficient (Wildman–Crippen LogP) is 4.07. The monoisotopic (exact) mass is 376 g/mol. The maximum atomic E-state index is 12.6. The molecule has 0 bridgehead atoms. The fourth-order valence-electron chi connectivity index (χ4n) is 2.65. The number of carbonyl (C=O) groups is 2. The smallest absolute Gasteiger partial charge is 0.240 e. The molecule has 2 N–H and O–H groups in total. The highest BCUT2D eigenvalue weighted by atomic mass is 35.5.